The number of hydrogen-bond acceptors (Lipinski definition) is 8. The zero-order valence-corrected chi connectivity index (χ0v) is 19.2. The van der Waals surface area contributed by atoms with Crippen LogP contribution in [0.25, 0.3) is 0 Å². The molecule has 1 aliphatic heterocycles. The van der Waals surface area contributed by atoms with Crippen molar-refractivity contribution in [3.8, 4) is 0 Å². The van der Waals surface area contributed by atoms with E-state index in [0.717, 1.165) is 5.56 Å². The second-order valence-electron chi connectivity index (χ2n) is 9.50. The van der Waals surface area contributed by atoms with Crippen molar-refractivity contribution in [2.45, 2.75) is 51.7 Å². The van der Waals surface area contributed by atoms with Gasteiger partial charge in [-0.1, -0.05) is 13.8 Å². The Morgan fingerprint density at radius 3 is 2.71 bits per heavy atom. The number of esters is 2. The van der Waals surface area contributed by atoms with E-state index in [4.69, 9.17) is 18.6 Å². The van der Waals surface area contributed by atoms with Gasteiger partial charge in [0.1, 0.15) is 12.2 Å². The molecule has 0 spiro atoms. The molecule has 7 unspecified atom stereocenters. The fourth-order valence-corrected chi connectivity index (χ4v) is 6.76. The Bertz CT molecular complexity index is 852. The second-order valence-corrected chi connectivity index (χ2v) is 10.3. The normalized spacial score (nSPS) is 39.9. The summed E-state index contributed by atoms with van der Waals surface area (Å²) in [6, 6.07) is 1.79. The monoisotopic (exact) mass is 450 g/mol. The number of ketones is 1. The molecule has 0 radical (unpaired) electrons. The average molecular weight is 451 g/mol. The number of carbonyl (C=O) groups is 3. The molecule has 7 atom stereocenters. The summed E-state index contributed by atoms with van der Waals surface area (Å²) in [6.45, 7) is 4.02. The molecule has 0 bridgehead atoms. The Morgan fingerprint density at radius 1 is 1.29 bits per heavy atom. The molecule has 1 aromatic heterocycles. The van der Waals surface area contributed by atoms with Crippen molar-refractivity contribution >= 4 is 29.5 Å². The van der Waals surface area contributed by atoms with Crippen molar-refractivity contribution in [2.75, 3.05) is 19.3 Å². The van der Waals surface area contributed by atoms with Crippen LogP contribution in [-0.2, 0) is 28.6 Å². The summed E-state index contributed by atoms with van der Waals surface area (Å²) in [5.74, 6) is -1.60. The summed E-state index contributed by atoms with van der Waals surface area (Å²) in [7, 11) is 1.38. The van der Waals surface area contributed by atoms with E-state index >= 15 is 0 Å². The maximum absolute atomic E-state index is 13.8. The second kappa shape index (κ2) is 8.28. The molecule has 2 heterocycles. The lowest BCUT2D eigenvalue weighted by Crippen LogP contribution is -2.64. The SMILES string of the molecule is COC(=O)C1CC(OCSC)C(=O)C2C1(C)CCC1C(=O)OC(c3ccoc3)CC12C. The van der Waals surface area contributed by atoms with Crippen LogP contribution in [0.15, 0.2) is 23.0 Å². The minimum Gasteiger partial charge on any atom is -0.472 e. The molecular formula is C23H30O7S. The zero-order chi connectivity index (χ0) is 22.4. The Balaban J connectivity index is 1.77. The molecule has 0 amide bonds. The minimum atomic E-state index is -0.685. The van der Waals surface area contributed by atoms with Gasteiger partial charge in [-0.25, -0.2) is 0 Å². The Morgan fingerprint density at radius 2 is 2.06 bits per heavy atom. The molecule has 0 N–H and O–H groups in total. The van der Waals surface area contributed by atoms with Crippen LogP contribution in [-0.4, -0.2) is 43.1 Å². The number of thioether (sulfide) groups is 1. The van der Waals surface area contributed by atoms with Gasteiger partial charge in [-0.2, -0.15) is 0 Å². The van der Waals surface area contributed by atoms with Crippen LogP contribution in [0.2, 0.25) is 0 Å². The topological polar surface area (TPSA) is 92.0 Å². The highest BCUT2D eigenvalue weighted by molar-refractivity contribution is 7.98. The first-order valence-electron chi connectivity index (χ1n) is 10.7. The van der Waals surface area contributed by atoms with E-state index in [9.17, 15) is 14.4 Å². The minimum absolute atomic E-state index is 0.00968. The third-order valence-corrected chi connectivity index (χ3v) is 8.26. The van der Waals surface area contributed by atoms with E-state index in [1.165, 1.54) is 18.9 Å². The molecule has 3 fully saturated rings. The summed E-state index contributed by atoms with van der Waals surface area (Å²) < 4.78 is 22.0. The number of carbonyl (C=O) groups excluding carboxylic acids is 3. The number of rotatable bonds is 5. The summed E-state index contributed by atoms with van der Waals surface area (Å²) in [5.41, 5.74) is -0.481. The molecule has 2 saturated carbocycles. The number of cyclic esters (lactones) is 1. The molecule has 0 aromatic carbocycles. The number of methoxy groups -OCH3 is 1. The van der Waals surface area contributed by atoms with Crippen molar-refractivity contribution in [1.29, 1.82) is 0 Å². The highest BCUT2D eigenvalue weighted by atomic mass is 32.2. The van der Waals surface area contributed by atoms with Crippen molar-refractivity contribution in [3.63, 3.8) is 0 Å². The van der Waals surface area contributed by atoms with E-state index in [0.29, 0.717) is 31.6 Å². The highest BCUT2D eigenvalue weighted by Crippen LogP contribution is 2.65. The lowest BCUT2D eigenvalue weighted by Gasteiger charge is -2.61. The molecular weight excluding hydrogens is 420 g/mol. The van der Waals surface area contributed by atoms with Gasteiger partial charge in [-0.05, 0) is 48.8 Å². The van der Waals surface area contributed by atoms with E-state index in [1.807, 2.05) is 20.1 Å². The third kappa shape index (κ3) is 3.52. The smallest absolute Gasteiger partial charge is 0.310 e. The van der Waals surface area contributed by atoms with Crippen LogP contribution in [0.3, 0.4) is 0 Å². The van der Waals surface area contributed by atoms with E-state index in [1.54, 1.807) is 18.6 Å². The number of Topliss-reactive ketones (excluding diaryl/α,β-unsaturated/α-hetero) is 1. The quantitative estimate of drug-likeness (QED) is 0.494. The zero-order valence-electron chi connectivity index (χ0n) is 18.4. The Hall–Kier alpha value is -1.80. The molecule has 3 aliphatic rings. The van der Waals surface area contributed by atoms with Crippen LogP contribution in [0, 0.1) is 28.6 Å². The van der Waals surface area contributed by atoms with Gasteiger partial charge < -0.3 is 18.6 Å². The fraction of sp³-hybridized carbons (Fsp3) is 0.696. The molecule has 2 aliphatic carbocycles. The molecule has 170 valence electrons. The van der Waals surface area contributed by atoms with Gasteiger partial charge >= 0.3 is 11.9 Å². The van der Waals surface area contributed by atoms with Gasteiger partial charge in [0.2, 0.25) is 0 Å². The maximum atomic E-state index is 13.8. The first-order valence-corrected chi connectivity index (χ1v) is 12.1. The van der Waals surface area contributed by atoms with Gasteiger partial charge in [-0.3, -0.25) is 14.4 Å². The first-order chi connectivity index (χ1) is 14.8. The van der Waals surface area contributed by atoms with Crippen LogP contribution in [0.1, 0.15) is 51.2 Å². The van der Waals surface area contributed by atoms with Crippen LogP contribution in [0.4, 0.5) is 0 Å². The van der Waals surface area contributed by atoms with Gasteiger partial charge in [0.15, 0.2) is 5.78 Å². The molecule has 1 aromatic rings. The van der Waals surface area contributed by atoms with Gasteiger partial charge in [-0.15, -0.1) is 11.8 Å². The molecule has 8 heteroatoms. The molecule has 31 heavy (non-hydrogen) atoms. The Kier molecular flexibility index (Phi) is 5.98. The summed E-state index contributed by atoms with van der Waals surface area (Å²) in [6.07, 6.45) is 5.85. The molecule has 4 rings (SSSR count). The number of fused-ring (bicyclic) bond motifs is 3. The average Bonchev–Trinajstić information content (AvgIpc) is 3.26. The highest BCUT2D eigenvalue weighted by Gasteiger charge is 2.67. The van der Waals surface area contributed by atoms with Gasteiger partial charge in [0.25, 0.3) is 0 Å². The summed E-state index contributed by atoms with van der Waals surface area (Å²) >= 11 is 1.49. The molecule has 1 saturated heterocycles. The first kappa shape index (κ1) is 22.4. The number of hydrogen-bond donors (Lipinski definition) is 0. The number of ether oxygens (including phenoxy) is 3. The maximum Gasteiger partial charge on any atom is 0.310 e. The van der Waals surface area contributed by atoms with Crippen molar-refractivity contribution in [1.82, 2.24) is 0 Å². The standard InChI is InChI=1S/C23H30O7S/c1-22-7-5-14-21(26)30-17(13-6-8-28-11-13)10-23(14,2)19(22)18(24)16(29-12-31-4)9-15(22)20(25)27-3/h6,8,11,14-17,19H,5,7,9-10,12H2,1-4H3. The van der Waals surface area contributed by atoms with Crippen molar-refractivity contribution in [2.24, 2.45) is 28.6 Å². The lowest BCUT2D eigenvalue weighted by molar-refractivity contribution is -0.209. The molecule has 7 nitrogen and oxygen atoms in total. The largest absolute Gasteiger partial charge is 0.472 e. The van der Waals surface area contributed by atoms with Crippen LogP contribution < -0.4 is 0 Å². The predicted molar refractivity (Wildman–Crippen MR) is 113 cm³/mol. The summed E-state index contributed by atoms with van der Waals surface area (Å²) in [5, 5.41) is 0. The number of furan rings is 1. The lowest BCUT2D eigenvalue weighted by atomic mass is 9.43. The van der Waals surface area contributed by atoms with Gasteiger partial charge in [0, 0.05) is 11.5 Å². The summed E-state index contributed by atoms with van der Waals surface area (Å²) in [4.78, 5) is 39.7. The van der Waals surface area contributed by atoms with Gasteiger partial charge in [0.05, 0.1) is 37.4 Å². The van der Waals surface area contributed by atoms with E-state index in [-0.39, 0.29) is 17.7 Å². The third-order valence-electron chi connectivity index (χ3n) is 7.89. The van der Waals surface area contributed by atoms with Crippen molar-refractivity contribution in [3.05, 3.63) is 24.2 Å². The van der Waals surface area contributed by atoms with Crippen LogP contribution >= 0.6 is 11.8 Å². The van der Waals surface area contributed by atoms with E-state index < -0.39 is 40.8 Å². The van der Waals surface area contributed by atoms with Crippen molar-refractivity contribution < 1.29 is 33.0 Å². The predicted octanol–water partition coefficient (Wildman–Crippen LogP) is 3.77. The van der Waals surface area contributed by atoms with Crippen LogP contribution in [0.5, 0.6) is 0 Å². The van der Waals surface area contributed by atoms with E-state index in [2.05, 4.69) is 0 Å². The fourth-order valence-electron chi connectivity index (χ4n) is 6.46. The Labute approximate surface area is 186 Å².